The van der Waals surface area contributed by atoms with Gasteiger partial charge in [-0.15, -0.1) is 0 Å². The van der Waals surface area contributed by atoms with E-state index in [2.05, 4.69) is 4.98 Å². The third kappa shape index (κ3) is 2.39. The highest BCUT2D eigenvalue weighted by atomic mass is 35.5. The predicted octanol–water partition coefficient (Wildman–Crippen LogP) is 3.53. The van der Waals surface area contributed by atoms with Gasteiger partial charge in [0.2, 0.25) is 0 Å². The Labute approximate surface area is 122 Å². The third-order valence-electron chi connectivity index (χ3n) is 3.12. The van der Waals surface area contributed by atoms with Crippen molar-refractivity contribution in [2.24, 2.45) is 0 Å². The molecule has 3 rings (SSSR count). The van der Waals surface area contributed by atoms with Crippen LogP contribution >= 0.6 is 11.6 Å². The summed E-state index contributed by atoms with van der Waals surface area (Å²) in [7, 11) is 0. The first kappa shape index (κ1) is 13.1. The van der Waals surface area contributed by atoms with Gasteiger partial charge in [0.15, 0.2) is 11.5 Å². The van der Waals surface area contributed by atoms with Crippen molar-refractivity contribution in [3.05, 3.63) is 35.6 Å². The number of halogens is 1. The van der Waals surface area contributed by atoms with Crippen LogP contribution in [0.25, 0.3) is 11.1 Å². The Kier molecular flexibility index (Phi) is 2.98. The third-order valence-corrected chi connectivity index (χ3v) is 3.33. The summed E-state index contributed by atoms with van der Waals surface area (Å²) >= 11 is 5.82. The number of pyridine rings is 1. The minimum absolute atomic E-state index is 0.310. The van der Waals surface area contributed by atoms with Crippen LogP contribution < -0.4 is 15.2 Å². The number of aromatic nitrogens is 1. The number of ether oxygens (including phenoxy) is 2. The molecule has 0 amide bonds. The molecule has 0 unspecified atom stereocenters. The monoisotopic (exact) mass is 290 g/mol. The van der Waals surface area contributed by atoms with Crippen LogP contribution in [0.3, 0.4) is 0 Å². The lowest BCUT2D eigenvalue weighted by atomic mass is 10.0. The van der Waals surface area contributed by atoms with Crippen molar-refractivity contribution in [1.29, 1.82) is 0 Å². The van der Waals surface area contributed by atoms with Gasteiger partial charge in [0.1, 0.15) is 17.4 Å². The van der Waals surface area contributed by atoms with Crippen molar-refractivity contribution >= 4 is 17.3 Å². The van der Waals surface area contributed by atoms with Gasteiger partial charge in [-0.1, -0.05) is 17.7 Å². The molecule has 2 aromatic rings. The van der Waals surface area contributed by atoms with Gasteiger partial charge in [0.25, 0.3) is 0 Å². The molecule has 0 bridgehead atoms. The zero-order valence-corrected chi connectivity index (χ0v) is 12.1. The highest BCUT2D eigenvalue weighted by molar-refractivity contribution is 6.29. The molecule has 0 fully saturated rings. The molecule has 0 aliphatic carbocycles. The SMILES string of the molecule is CC1(C)COc2cc(-c3cnc(Cl)cc3N)ccc2O1. The fourth-order valence-electron chi connectivity index (χ4n) is 2.14. The van der Waals surface area contributed by atoms with Crippen molar-refractivity contribution in [3.8, 4) is 22.6 Å². The van der Waals surface area contributed by atoms with Gasteiger partial charge in [0, 0.05) is 17.4 Å². The van der Waals surface area contributed by atoms with Gasteiger partial charge in [-0.3, -0.25) is 0 Å². The fourth-order valence-corrected chi connectivity index (χ4v) is 2.30. The molecule has 1 aromatic heterocycles. The van der Waals surface area contributed by atoms with E-state index < -0.39 is 0 Å². The topological polar surface area (TPSA) is 57.4 Å². The molecule has 5 heteroatoms. The van der Waals surface area contributed by atoms with E-state index in [1.165, 1.54) is 0 Å². The number of rotatable bonds is 1. The van der Waals surface area contributed by atoms with Crippen LogP contribution in [-0.2, 0) is 0 Å². The summed E-state index contributed by atoms with van der Waals surface area (Å²) in [4.78, 5) is 4.06. The quantitative estimate of drug-likeness (QED) is 0.816. The molecule has 2 N–H and O–H groups in total. The van der Waals surface area contributed by atoms with Crippen LogP contribution in [0.5, 0.6) is 11.5 Å². The summed E-state index contributed by atoms with van der Waals surface area (Å²) in [5.41, 5.74) is 8.00. The maximum absolute atomic E-state index is 5.98. The second-order valence-corrected chi connectivity index (χ2v) is 5.79. The van der Waals surface area contributed by atoms with E-state index in [4.69, 9.17) is 26.8 Å². The number of nitrogen functional groups attached to an aromatic ring is 1. The van der Waals surface area contributed by atoms with Crippen LogP contribution in [0.1, 0.15) is 13.8 Å². The van der Waals surface area contributed by atoms with E-state index >= 15 is 0 Å². The molecule has 0 spiro atoms. The smallest absolute Gasteiger partial charge is 0.162 e. The molecule has 2 heterocycles. The van der Waals surface area contributed by atoms with Gasteiger partial charge < -0.3 is 15.2 Å². The summed E-state index contributed by atoms with van der Waals surface area (Å²) < 4.78 is 11.6. The number of benzene rings is 1. The fraction of sp³-hybridized carbons (Fsp3) is 0.267. The van der Waals surface area contributed by atoms with Crippen LogP contribution in [0.4, 0.5) is 5.69 Å². The number of hydrogen-bond donors (Lipinski definition) is 1. The largest absolute Gasteiger partial charge is 0.486 e. The van der Waals surface area contributed by atoms with Crippen LogP contribution in [-0.4, -0.2) is 17.2 Å². The second kappa shape index (κ2) is 4.56. The Morgan fingerprint density at radius 1 is 1.25 bits per heavy atom. The lowest BCUT2D eigenvalue weighted by Crippen LogP contribution is -2.38. The van der Waals surface area contributed by atoms with Gasteiger partial charge in [0.05, 0.1) is 0 Å². The Bertz CT molecular complexity index is 671. The Morgan fingerprint density at radius 3 is 2.80 bits per heavy atom. The van der Waals surface area contributed by atoms with E-state index in [-0.39, 0.29) is 5.60 Å². The number of fused-ring (bicyclic) bond motifs is 1. The van der Waals surface area contributed by atoms with E-state index in [9.17, 15) is 0 Å². The number of nitrogens with zero attached hydrogens (tertiary/aromatic N) is 1. The standard InChI is InChI=1S/C15H15ClN2O2/c1-15(2)8-19-13-5-9(3-4-12(13)20-15)10-7-18-14(16)6-11(10)17/h3-7H,8H2,1-2H3,(H2,17,18). The van der Waals surface area contributed by atoms with Crippen LogP contribution in [0.15, 0.2) is 30.5 Å². The number of anilines is 1. The summed E-state index contributed by atoms with van der Waals surface area (Å²) in [5, 5.41) is 0.380. The van der Waals surface area contributed by atoms with E-state index in [1.807, 2.05) is 32.0 Å². The first-order valence-electron chi connectivity index (χ1n) is 6.32. The molecule has 4 nitrogen and oxygen atoms in total. The Morgan fingerprint density at radius 2 is 2.05 bits per heavy atom. The minimum atomic E-state index is -0.310. The number of hydrogen-bond acceptors (Lipinski definition) is 4. The summed E-state index contributed by atoms with van der Waals surface area (Å²) in [6, 6.07) is 7.37. The van der Waals surface area contributed by atoms with Crippen molar-refractivity contribution in [2.45, 2.75) is 19.4 Å². The van der Waals surface area contributed by atoms with Crippen molar-refractivity contribution in [1.82, 2.24) is 4.98 Å². The van der Waals surface area contributed by atoms with E-state index in [0.29, 0.717) is 17.4 Å². The molecule has 1 aliphatic rings. The predicted molar refractivity (Wildman–Crippen MR) is 79.3 cm³/mol. The highest BCUT2D eigenvalue weighted by Gasteiger charge is 2.28. The summed E-state index contributed by atoms with van der Waals surface area (Å²) in [6.45, 7) is 4.49. The van der Waals surface area contributed by atoms with Gasteiger partial charge in [-0.25, -0.2) is 4.98 Å². The first-order chi connectivity index (χ1) is 9.44. The average Bonchev–Trinajstić information content (AvgIpc) is 2.37. The highest BCUT2D eigenvalue weighted by Crippen LogP contribution is 2.39. The zero-order chi connectivity index (χ0) is 14.3. The van der Waals surface area contributed by atoms with Crippen molar-refractivity contribution in [3.63, 3.8) is 0 Å². The van der Waals surface area contributed by atoms with Crippen LogP contribution in [0, 0.1) is 0 Å². The lowest BCUT2D eigenvalue weighted by molar-refractivity contribution is 0.0214. The molecule has 0 atom stereocenters. The maximum atomic E-state index is 5.98. The first-order valence-corrected chi connectivity index (χ1v) is 6.70. The average molecular weight is 291 g/mol. The van der Waals surface area contributed by atoms with E-state index in [1.54, 1.807) is 12.3 Å². The number of nitrogens with two attached hydrogens (primary N) is 1. The van der Waals surface area contributed by atoms with Crippen molar-refractivity contribution < 1.29 is 9.47 Å². The molecule has 1 aromatic carbocycles. The van der Waals surface area contributed by atoms with Gasteiger partial charge in [-0.05, 0) is 37.6 Å². The lowest BCUT2D eigenvalue weighted by Gasteiger charge is -2.32. The van der Waals surface area contributed by atoms with E-state index in [0.717, 1.165) is 22.6 Å². The van der Waals surface area contributed by atoms with Gasteiger partial charge in [-0.2, -0.15) is 0 Å². The molecule has 0 radical (unpaired) electrons. The summed E-state index contributed by atoms with van der Waals surface area (Å²) in [6.07, 6.45) is 1.66. The summed E-state index contributed by atoms with van der Waals surface area (Å²) in [5.74, 6) is 1.46. The molecule has 0 saturated carbocycles. The Hall–Kier alpha value is -1.94. The minimum Gasteiger partial charge on any atom is -0.486 e. The molecular weight excluding hydrogens is 276 g/mol. The molecule has 1 aliphatic heterocycles. The van der Waals surface area contributed by atoms with Crippen molar-refractivity contribution in [2.75, 3.05) is 12.3 Å². The maximum Gasteiger partial charge on any atom is 0.162 e. The van der Waals surface area contributed by atoms with Gasteiger partial charge >= 0.3 is 0 Å². The van der Waals surface area contributed by atoms with Crippen LogP contribution in [0.2, 0.25) is 5.15 Å². The Balaban J connectivity index is 2.01. The second-order valence-electron chi connectivity index (χ2n) is 5.41. The normalized spacial score (nSPS) is 15.9. The molecule has 0 saturated heterocycles. The zero-order valence-electron chi connectivity index (χ0n) is 11.3. The molecule has 104 valence electrons. The molecular formula is C15H15ClN2O2. The molecule has 20 heavy (non-hydrogen) atoms.